The van der Waals surface area contributed by atoms with Gasteiger partial charge in [0.25, 0.3) is 0 Å². The summed E-state index contributed by atoms with van der Waals surface area (Å²) in [4.78, 5) is 0. The van der Waals surface area contributed by atoms with E-state index < -0.39 is 0 Å². The van der Waals surface area contributed by atoms with Crippen molar-refractivity contribution in [3.8, 4) is 0 Å². The minimum atomic E-state index is 0. The molecule has 0 heterocycles. The van der Waals surface area contributed by atoms with E-state index in [4.69, 9.17) is 0 Å². The Kier molecular flexibility index (Phi) is 263. The quantitative estimate of drug-likeness (QED) is 0.231. The Labute approximate surface area is 92.1 Å². The van der Waals surface area contributed by atoms with Gasteiger partial charge in [-0.15, -0.1) is 0 Å². The van der Waals surface area contributed by atoms with E-state index in [9.17, 15) is 0 Å². The zero-order valence-corrected chi connectivity index (χ0v) is 9.51. The van der Waals surface area contributed by atoms with E-state index in [1.54, 1.807) is 0 Å². The number of halogens is 2. The smallest absolute Gasteiger partial charge is 1.00 e. The van der Waals surface area contributed by atoms with E-state index in [1.165, 1.54) is 0 Å². The predicted octanol–water partition coefficient (Wildman–Crippen LogP) is -7.02. The Balaban J connectivity index is 0. The van der Waals surface area contributed by atoms with Crippen molar-refractivity contribution in [3.63, 3.8) is 0 Å². The molecule has 0 aliphatic carbocycles. The Morgan fingerprint density at radius 3 is 0.600 bits per heavy atom. The maximum atomic E-state index is 0. The number of hydrogen-bond donors (Lipinski definition) is 0. The Morgan fingerprint density at radius 1 is 0.600 bits per heavy atom. The van der Waals surface area contributed by atoms with Gasteiger partial charge in [-0.2, -0.15) is 0 Å². The molecule has 0 bridgehead atoms. The average Bonchev–Trinajstić information content (AvgIpc) is 0. The zero-order valence-electron chi connectivity index (χ0n) is 2.62. The molecule has 0 N–H and O–H groups in total. The summed E-state index contributed by atoms with van der Waals surface area (Å²) in [7, 11) is 0. The molecule has 0 rings (SSSR count). The maximum Gasteiger partial charge on any atom is 2.00 e. The second-order valence-electron chi connectivity index (χ2n) is 0. The van der Waals surface area contributed by atoms with Crippen LogP contribution >= 0.6 is 0 Å². The van der Waals surface area contributed by atoms with Gasteiger partial charge in [-0.05, 0) is 0 Å². The maximum absolute atomic E-state index is 0. The standard InChI is InChI=1S/2BrH.2Mg.H2S/h2*1H;;;1H2/q;;2*+2;/p-3. The minimum Gasteiger partial charge on any atom is -1.00 e. The van der Waals surface area contributed by atoms with Crippen molar-refractivity contribution < 1.29 is 34.0 Å². The second-order valence-corrected chi connectivity index (χ2v) is 0. The van der Waals surface area contributed by atoms with Gasteiger partial charge in [0, 0.05) is 0 Å². The van der Waals surface area contributed by atoms with E-state index in [-0.39, 0.29) is 93.6 Å². The summed E-state index contributed by atoms with van der Waals surface area (Å²) in [6.07, 6.45) is 0. The molecule has 0 aliphatic heterocycles. The van der Waals surface area contributed by atoms with Crippen LogP contribution < -0.4 is 34.0 Å². The van der Waals surface area contributed by atoms with Crippen molar-refractivity contribution in [1.82, 2.24) is 0 Å². The second kappa shape index (κ2) is 28.9. The first-order valence-corrected chi connectivity index (χ1v) is 0. The molecule has 0 saturated carbocycles. The normalized spacial score (nSPS) is 0. The molecule has 0 radical (unpaired) electrons. The SMILES string of the molecule is [Br-].[Br-].[Mg+2].[Mg+2].[SH-]. The van der Waals surface area contributed by atoms with Crippen LogP contribution in [0, 0.1) is 0 Å². The molecule has 0 aromatic rings. The van der Waals surface area contributed by atoms with Crippen molar-refractivity contribution in [1.29, 1.82) is 0 Å². The van der Waals surface area contributed by atoms with Crippen LogP contribution in [0.2, 0.25) is 0 Å². The molecular formula is HBr2Mg2S+. The summed E-state index contributed by atoms with van der Waals surface area (Å²) in [5.41, 5.74) is 0. The fourth-order valence-corrected chi connectivity index (χ4v) is 0. The fraction of sp³-hybridized carbons (Fsp3) is 0. The third kappa shape index (κ3) is 19.9. The van der Waals surface area contributed by atoms with E-state index in [1.807, 2.05) is 0 Å². The van der Waals surface area contributed by atoms with Gasteiger partial charge >= 0.3 is 46.1 Å². The Morgan fingerprint density at radius 2 is 0.600 bits per heavy atom. The van der Waals surface area contributed by atoms with Crippen LogP contribution in [0.25, 0.3) is 0 Å². The molecule has 0 atom stereocenters. The van der Waals surface area contributed by atoms with Crippen molar-refractivity contribution in [3.05, 3.63) is 0 Å². The van der Waals surface area contributed by atoms with Gasteiger partial charge in [0.2, 0.25) is 0 Å². The van der Waals surface area contributed by atoms with Crippen molar-refractivity contribution in [2.75, 3.05) is 0 Å². The molecular weight excluding hydrogens is 240 g/mol. The Bertz CT molecular complexity index is 7.61. The van der Waals surface area contributed by atoms with Gasteiger partial charge in [-0.3, -0.25) is 0 Å². The minimum absolute atomic E-state index is 0. The van der Waals surface area contributed by atoms with E-state index in [2.05, 4.69) is 0 Å². The molecule has 5 heavy (non-hydrogen) atoms. The molecule has 0 amide bonds. The summed E-state index contributed by atoms with van der Waals surface area (Å²) in [6, 6.07) is 0. The molecule has 0 fully saturated rings. The predicted molar refractivity (Wildman–Crippen MR) is 20.3 cm³/mol. The molecule has 0 unspecified atom stereocenters. The van der Waals surface area contributed by atoms with Crippen LogP contribution in [-0.4, -0.2) is 46.1 Å². The van der Waals surface area contributed by atoms with E-state index in [0.717, 1.165) is 0 Å². The third-order valence-corrected chi connectivity index (χ3v) is 0. The van der Waals surface area contributed by atoms with Gasteiger partial charge in [0.1, 0.15) is 0 Å². The largest absolute Gasteiger partial charge is 2.00 e. The van der Waals surface area contributed by atoms with E-state index in [0.29, 0.717) is 0 Å². The number of thiol groups is 1. The first-order valence-electron chi connectivity index (χ1n) is 0. The monoisotopic (exact) mass is 239 g/mol. The third-order valence-electron chi connectivity index (χ3n) is 0. The molecule has 5 heteroatoms. The van der Waals surface area contributed by atoms with Gasteiger partial charge in [0.15, 0.2) is 0 Å². The molecule has 0 spiro atoms. The van der Waals surface area contributed by atoms with Gasteiger partial charge in [0.05, 0.1) is 0 Å². The summed E-state index contributed by atoms with van der Waals surface area (Å²) < 4.78 is 0. The van der Waals surface area contributed by atoms with E-state index >= 15 is 0 Å². The zero-order chi connectivity index (χ0) is 0. The van der Waals surface area contributed by atoms with Crippen LogP contribution in [0.4, 0.5) is 0 Å². The van der Waals surface area contributed by atoms with Crippen molar-refractivity contribution in [2.45, 2.75) is 0 Å². The number of hydrogen-bond acceptors (Lipinski definition) is 1. The molecule has 24 valence electrons. The number of rotatable bonds is 0. The first kappa shape index (κ1) is 45.4. The summed E-state index contributed by atoms with van der Waals surface area (Å²) in [6.45, 7) is 0. The molecule has 0 aromatic heterocycles. The van der Waals surface area contributed by atoms with Gasteiger partial charge < -0.3 is 47.5 Å². The first-order chi connectivity index (χ1) is 0. The van der Waals surface area contributed by atoms with Crippen LogP contribution in [-0.2, 0) is 13.5 Å². The van der Waals surface area contributed by atoms with Crippen LogP contribution in [0.5, 0.6) is 0 Å². The fourth-order valence-electron chi connectivity index (χ4n) is 0. The summed E-state index contributed by atoms with van der Waals surface area (Å²) in [5.74, 6) is 0. The molecule has 0 aliphatic rings. The molecule has 0 aromatic carbocycles. The average molecular weight is 241 g/mol. The van der Waals surface area contributed by atoms with Crippen molar-refractivity contribution >= 4 is 59.6 Å². The van der Waals surface area contributed by atoms with Crippen LogP contribution in [0.1, 0.15) is 0 Å². The molecule has 0 nitrogen and oxygen atoms in total. The summed E-state index contributed by atoms with van der Waals surface area (Å²) >= 11 is 0. The Hall–Kier alpha value is 2.84. The van der Waals surface area contributed by atoms with Crippen LogP contribution in [0.3, 0.4) is 0 Å². The van der Waals surface area contributed by atoms with Gasteiger partial charge in [-0.25, -0.2) is 0 Å². The van der Waals surface area contributed by atoms with Crippen molar-refractivity contribution in [2.24, 2.45) is 0 Å². The van der Waals surface area contributed by atoms with Gasteiger partial charge in [-0.1, -0.05) is 0 Å². The van der Waals surface area contributed by atoms with Crippen LogP contribution in [0.15, 0.2) is 0 Å². The topological polar surface area (TPSA) is 0 Å². The summed E-state index contributed by atoms with van der Waals surface area (Å²) in [5, 5.41) is 0. The molecule has 0 saturated heterocycles.